The molecule has 4 rings (SSSR count). The molecule has 1 aliphatic carbocycles. The third kappa shape index (κ3) is 3.44. The number of carbonyl (C=O) groups excluding carboxylic acids is 1. The monoisotopic (exact) mass is 437 g/mol. The maximum Gasteiger partial charge on any atom is 0.262 e. The maximum atomic E-state index is 13.2. The summed E-state index contributed by atoms with van der Waals surface area (Å²) in [5, 5.41) is 3.51. The van der Waals surface area contributed by atoms with Crippen LogP contribution in [0.3, 0.4) is 0 Å². The van der Waals surface area contributed by atoms with E-state index in [4.69, 9.17) is 11.6 Å². The third-order valence-corrected chi connectivity index (χ3v) is 7.39. The van der Waals surface area contributed by atoms with E-state index >= 15 is 0 Å². The van der Waals surface area contributed by atoms with E-state index < -0.39 is 11.1 Å². The van der Waals surface area contributed by atoms with Gasteiger partial charge in [-0.05, 0) is 49.9 Å². The van der Waals surface area contributed by atoms with Gasteiger partial charge in [0.25, 0.3) is 5.56 Å². The fraction of sp³-hybridized carbons (Fsp3) is 0.316. The van der Waals surface area contributed by atoms with Gasteiger partial charge >= 0.3 is 0 Å². The van der Waals surface area contributed by atoms with Crippen molar-refractivity contribution in [2.24, 2.45) is 7.05 Å². The van der Waals surface area contributed by atoms with Crippen LogP contribution in [-0.4, -0.2) is 20.7 Å². The fourth-order valence-electron chi connectivity index (χ4n) is 3.25. The molecule has 1 N–H and O–H groups in total. The summed E-state index contributed by atoms with van der Waals surface area (Å²) in [6.45, 7) is 1.72. The van der Waals surface area contributed by atoms with E-state index in [0.717, 1.165) is 41.1 Å². The molecule has 28 heavy (non-hydrogen) atoms. The number of benzene rings is 1. The summed E-state index contributed by atoms with van der Waals surface area (Å²) in [5.74, 6) is -0.776. The zero-order valence-corrected chi connectivity index (χ0v) is 17.6. The molecule has 1 amide bonds. The smallest absolute Gasteiger partial charge is 0.262 e. The molecule has 0 saturated heterocycles. The first-order valence-corrected chi connectivity index (χ1v) is 10.9. The van der Waals surface area contributed by atoms with Gasteiger partial charge in [0, 0.05) is 11.9 Å². The molecule has 1 unspecified atom stereocenters. The van der Waals surface area contributed by atoms with Crippen LogP contribution in [0.1, 0.15) is 23.8 Å². The number of thiophene rings is 1. The summed E-state index contributed by atoms with van der Waals surface area (Å²) in [6, 6.07) is 3.79. The highest BCUT2D eigenvalue weighted by molar-refractivity contribution is 8.00. The molecule has 1 aromatic carbocycles. The molecule has 1 aliphatic rings. The van der Waals surface area contributed by atoms with Gasteiger partial charge in [-0.15, -0.1) is 11.3 Å². The Kier molecular flexibility index (Phi) is 5.20. The normalized spacial score (nSPS) is 14.3. The molecule has 0 bridgehead atoms. The number of amides is 1. The summed E-state index contributed by atoms with van der Waals surface area (Å²) < 4.78 is 14.7. The Bertz CT molecular complexity index is 1160. The van der Waals surface area contributed by atoms with Crippen LogP contribution >= 0.6 is 34.7 Å². The van der Waals surface area contributed by atoms with Crippen molar-refractivity contribution in [2.45, 2.75) is 36.6 Å². The molecule has 5 nitrogen and oxygen atoms in total. The number of rotatable bonds is 4. The fourth-order valence-corrected chi connectivity index (χ4v) is 5.64. The van der Waals surface area contributed by atoms with E-state index in [9.17, 15) is 14.0 Å². The summed E-state index contributed by atoms with van der Waals surface area (Å²) >= 11 is 8.75. The van der Waals surface area contributed by atoms with Gasteiger partial charge in [-0.1, -0.05) is 23.4 Å². The molecule has 0 radical (unpaired) electrons. The number of carbonyl (C=O) groups is 1. The second-order valence-corrected chi connectivity index (χ2v) is 9.47. The predicted octanol–water partition coefficient (Wildman–Crippen LogP) is 4.40. The first kappa shape index (κ1) is 19.4. The highest BCUT2D eigenvalue weighted by Gasteiger charge is 2.24. The number of aryl methyl sites for hydroxylation is 2. The van der Waals surface area contributed by atoms with E-state index in [1.54, 1.807) is 25.3 Å². The standard InChI is InChI=1S/C19H17ClFN3O2S2/c1-9(16(25)22-13-7-6-10(21)8-12(13)20)27-19-23-17-15(18(26)24(19)2)11-4-3-5-14(11)28-17/h6-9H,3-5H2,1-2H3,(H,22,25). The van der Waals surface area contributed by atoms with Crippen molar-refractivity contribution in [3.05, 3.63) is 49.8 Å². The number of anilines is 1. The van der Waals surface area contributed by atoms with Crippen LogP contribution < -0.4 is 10.9 Å². The maximum absolute atomic E-state index is 13.2. The minimum atomic E-state index is -0.525. The Morgan fingerprint density at radius 1 is 1.43 bits per heavy atom. The Labute approximate surface area is 173 Å². The topological polar surface area (TPSA) is 64.0 Å². The molecule has 1 atom stereocenters. The number of hydrogen-bond acceptors (Lipinski definition) is 5. The zero-order chi connectivity index (χ0) is 20.0. The molecular formula is C19H17ClFN3O2S2. The lowest BCUT2D eigenvalue weighted by Crippen LogP contribution is -2.25. The lowest BCUT2D eigenvalue weighted by molar-refractivity contribution is -0.115. The summed E-state index contributed by atoms with van der Waals surface area (Å²) in [6.07, 6.45) is 3.01. The van der Waals surface area contributed by atoms with Crippen LogP contribution in [0.4, 0.5) is 10.1 Å². The molecule has 0 fully saturated rings. The number of nitrogens with zero attached hydrogens (tertiary/aromatic N) is 2. The van der Waals surface area contributed by atoms with Crippen molar-refractivity contribution in [3.8, 4) is 0 Å². The lowest BCUT2D eigenvalue weighted by Gasteiger charge is -2.14. The zero-order valence-electron chi connectivity index (χ0n) is 15.2. The van der Waals surface area contributed by atoms with Crippen molar-refractivity contribution >= 4 is 56.5 Å². The number of halogens is 2. The van der Waals surface area contributed by atoms with Gasteiger partial charge in [-0.25, -0.2) is 9.37 Å². The summed E-state index contributed by atoms with van der Waals surface area (Å²) in [5.41, 5.74) is 1.41. The number of hydrogen-bond donors (Lipinski definition) is 1. The van der Waals surface area contributed by atoms with Crippen molar-refractivity contribution in [1.82, 2.24) is 9.55 Å². The third-order valence-electron chi connectivity index (χ3n) is 4.75. The predicted molar refractivity (Wildman–Crippen MR) is 112 cm³/mol. The van der Waals surface area contributed by atoms with Gasteiger partial charge in [0.05, 0.1) is 21.3 Å². The molecule has 0 spiro atoms. The van der Waals surface area contributed by atoms with Crippen LogP contribution in [0.2, 0.25) is 5.02 Å². The Morgan fingerprint density at radius 3 is 2.96 bits per heavy atom. The molecule has 0 aliphatic heterocycles. The SMILES string of the molecule is CC(Sc1nc2sc3c(c2c(=O)n1C)CCC3)C(=O)Nc1ccc(F)cc1Cl. The number of aromatic nitrogens is 2. The molecule has 0 saturated carbocycles. The van der Waals surface area contributed by atoms with Gasteiger partial charge < -0.3 is 5.32 Å². The average Bonchev–Trinajstić information content (AvgIpc) is 3.22. The number of fused-ring (bicyclic) bond motifs is 3. The van der Waals surface area contributed by atoms with Crippen molar-refractivity contribution in [3.63, 3.8) is 0 Å². The Hall–Kier alpha value is -1.90. The van der Waals surface area contributed by atoms with Crippen LogP contribution in [-0.2, 0) is 24.7 Å². The molecule has 2 aromatic heterocycles. The average molecular weight is 438 g/mol. The van der Waals surface area contributed by atoms with Crippen molar-refractivity contribution < 1.29 is 9.18 Å². The first-order valence-electron chi connectivity index (χ1n) is 8.79. The van der Waals surface area contributed by atoms with Gasteiger partial charge in [0.15, 0.2) is 5.16 Å². The molecule has 9 heteroatoms. The van der Waals surface area contributed by atoms with Crippen LogP contribution in [0.5, 0.6) is 0 Å². The van der Waals surface area contributed by atoms with Crippen LogP contribution in [0, 0.1) is 5.82 Å². The van der Waals surface area contributed by atoms with E-state index in [1.807, 2.05) is 0 Å². The summed E-state index contributed by atoms with van der Waals surface area (Å²) in [7, 11) is 1.68. The van der Waals surface area contributed by atoms with Gasteiger partial charge in [-0.3, -0.25) is 14.2 Å². The number of nitrogens with one attached hydrogen (secondary N) is 1. The first-order chi connectivity index (χ1) is 13.3. The quantitative estimate of drug-likeness (QED) is 0.485. The minimum Gasteiger partial charge on any atom is -0.324 e. The van der Waals surface area contributed by atoms with E-state index in [-0.39, 0.29) is 16.5 Å². The molecule has 146 valence electrons. The summed E-state index contributed by atoms with van der Waals surface area (Å²) in [4.78, 5) is 32.0. The molecule has 2 heterocycles. The highest BCUT2D eigenvalue weighted by atomic mass is 35.5. The van der Waals surface area contributed by atoms with Crippen LogP contribution in [0.15, 0.2) is 28.2 Å². The van der Waals surface area contributed by atoms with E-state index in [2.05, 4.69) is 10.3 Å². The van der Waals surface area contributed by atoms with Gasteiger partial charge in [0.1, 0.15) is 10.6 Å². The Balaban J connectivity index is 1.58. The number of thioether (sulfide) groups is 1. The highest BCUT2D eigenvalue weighted by Crippen LogP contribution is 2.36. The largest absolute Gasteiger partial charge is 0.324 e. The lowest BCUT2D eigenvalue weighted by atomic mass is 10.2. The van der Waals surface area contributed by atoms with E-state index in [0.29, 0.717) is 10.8 Å². The molecule has 3 aromatic rings. The molecular weight excluding hydrogens is 421 g/mol. The second-order valence-electron chi connectivity index (χ2n) is 6.67. The minimum absolute atomic E-state index is 0.0684. The second kappa shape index (κ2) is 7.50. The Morgan fingerprint density at radius 2 is 2.21 bits per heavy atom. The van der Waals surface area contributed by atoms with Crippen LogP contribution in [0.25, 0.3) is 10.2 Å². The van der Waals surface area contributed by atoms with Gasteiger partial charge in [-0.2, -0.15) is 0 Å². The van der Waals surface area contributed by atoms with Crippen molar-refractivity contribution in [1.29, 1.82) is 0 Å². The van der Waals surface area contributed by atoms with E-state index in [1.165, 1.54) is 33.3 Å². The van der Waals surface area contributed by atoms with Crippen molar-refractivity contribution in [2.75, 3.05) is 5.32 Å². The van der Waals surface area contributed by atoms with Gasteiger partial charge in [0.2, 0.25) is 5.91 Å².